The van der Waals surface area contributed by atoms with Crippen LogP contribution in [0.3, 0.4) is 0 Å². The highest BCUT2D eigenvalue weighted by Gasteiger charge is 2.31. The molecular weight excluding hydrogens is 456 g/mol. The Hall–Kier alpha value is -3.36. The largest absolute Gasteiger partial charge is 0.486 e. The van der Waals surface area contributed by atoms with Crippen LogP contribution in [0.2, 0.25) is 0 Å². The van der Waals surface area contributed by atoms with Gasteiger partial charge < -0.3 is 23.7 Å². The predicted molar refractivity (Wildman–Crippen MR) is 136 cm³/mol. The Labute approximate surface area is 212 Å². The Kier molecular flexibility index (Phi) is 7.53. The highest BCUT2D eigenvalue weighted by molar-refractivity contribution is 5.81. The molecule has 1 saturated heterocycles. The van der Waals surface area contributed by atoms with E-state index in [9.17, 15) is 4.79 Å². The van der Waals surface area contributed by atoms with Crippen LogP contribution in [0.1, 0.15) is 25.1 Å². The van der Waals surface area contributed by atoms with E-state index in [1.807, 2.05) is 53.6 Å². The first-order valence-corrected chi connectivity index (χ1v) is 12.7. The van der Waals surface area contributed by atoms with E-state index in [1.54, 1.807) is 6.20 Å². The van der Waals surface area contributed by atoms with Gasteiger partial charge in [0.15, 0.2) is 11.5 Å². The summed E-state index contributed by atoms with van der Waals surface area (Å²) in [6.07, 6.45) is 3.33. The zero-order valence-corrected chi connectivity index (χ0v) is 21.0. The monoisotopic (exact) mass is 490 g/mol. The maximum Gasteiger partial charge on any atom is 0.253 e. The van der Waals surface area contributed by atoms with Crippen LogP contribution >= 0.6 is 0 Å². The molecule has 4 heterocycles. The van der Waals surface area contributed by atoms with Crippen molar-refractivity contribution in [2.75, 3.05) is 39.5 Å². The van der Waals surface area contributed by atoms with Crippen LogP contribution in [0.15, 0.2) is 60.9 Å². The van der Waals surface area contributed by atoms with Gasteiger partial charge >= 0.3 is 0 Å². The molecule has 8 heteroatoms. The molecule has 8 nitrogen and oxygen atoms in total. The second-order valence-corrected chi connectivity index (χ2v) is 9.74. The van der Waals surface area contributed by atoms with E-state index in [1.165, 1.54) is 0 Å². The number of pyridine rings is 1. The fourth-order valence-corrected chi connectivity index (χ4v) is 4.77. The summed E-state index contributed by atoms with van der Waals surface area (Å²) in [5, 5.41) is 0. The number of aromatic nitrogens is 2. The highest BCUT2D eigenvalue weighted by atomic mass is 16.6. The molecule has 0 radical (unpaired) electrons. The van der Waals surface area contributed by atoms with Crippen LogP contribution in [-0.2, 0) is 22.6 Å². The third-order valence-electron chi connectivity index (χ3n) is 6.42. The Morgan fingerprint density at radius 3 is 2.75 bits per heavy atom. The summed E-state index contributed by atoms with van der Waals surface area (Å²) < 4.78 is 19.5. The Balaban J connectivity index is 1.27. The molecule has 1 unspecified atom stereocenters. The van der Waals surface area contributed by atoms with Crippen LogP contribution in [0, 0.1) is 5.92 Å². The molecule has 0 spiro atoms. The van der Waals surface area contributed by atoms with E-state index < -0.39 is 6.10 Å². The molecular formula is C28H34N4O4. The summed E-state index contributed by atoms with van der Waals surface area (Å²) in [5.74, 6) is 2.76. The lowest BCUT2D eigenvalue weighted by Crippen LogP contribution is -2.51. The maximum absolute atomic E-state index is 13.7. The van der Waals surface area contributed by atoms with Crippen LogP contribution in [0.25, 0.3) is 5.82 Å². The van der Waals surface area contributed by atoms with E-state index in [2.05, 4.69) is 34.4 Å². The quantitative estimate of drug-likeness (QED) is 0.481. The lowest BCUT2D eigenvalue weighted by atomic mass is 10.1. The first-order valence-electron chi connectivity index (χ1n) is 12.7. The average molecular weight is 491 g/mol. The molecule has 190 valence electrons. The van der Waals surface area contributed by atoms with Crippen molar-refractivity contribution in [2.45, 2.75) is 33.0 Å². The van der Waals surface area contributed by atoms with Crippen LogP contribution < -0.4 is 9.47 Å². The van der Waals surface area contributed by atoms with Gasteiger partial charge in [0.25, 0.3) is 5.91 Å². The smallest absolute Gasteiger partial charge is 0.253 e. The Morgan fingerprint density at radius 2 is 1.94 bits per heavy atom. The molecule has 0 aliphatic carbocycles. The maximum atomic E-state index is 13.7. The lowest BCUT2D eigenvalue weighted by Gasteiger charge is -2.35. The Morgan fingerprint density at radius 1 is 1.08 bits per heavy atom. The van der Waals surface area contributed by atoms with Gasteiger partial charge in [0.05, 0.1) is 6.61 Å². The fraction of sp³-hybridized carbons (Fsp3) is 0.429. The number of hydrogen-bond donors (Lipinski definition) is 0. The summed E-state index contributed by atoms with van der Waals surface area (Å²) in [7, 11) is 0. The first kappa shape index (κ1) is 24.3. The van der Waals surface area contributed by atoms with Crippen molar-refractivity contribution in [2.24, 2.45) is 5.92 Å². The van der Waals surface area contributed by atoms with Gasteiger partial charge in [-0.15, -0.1) is 0 Å². The number of hydrogen-bond acceptors (Lipinski definition) is 6. The minimum atomic E-state index is -0.493. The zero-order chi connectivity index (χ0) is 24.9. The van der Waals surface area contributed by atoms with Gasteiger partial charge in [0, 0.05) is 50.8 Å². The highest BCUT2D eigenvalue weighted by Crippen LogP contribution is 2.31. The molecule has 2 aliphatic heterocycles. The topological polar surface area (TPSA) is 69.1 Å². The molecule has 1 atom stereocenters. The number of fused-ring (bicyclic) bond motifs is 1. The van der Waals surface area contributed by atoms with Gasteiger partial charge in [0.2, 0.25) is 0 Å². The molecule has 3 aromatic rings. The number of nitrogens with zero attached hydrogens (tertiary/aromatic N) is 4. The molecule has 0 N–H and O–H groups in total. The van der Waals surface area contributed by atoms with Crippen molar-refractivity contribution in [3.8, 4) is 17.3 Å². The number of morpholine rings is 1. The standard InChI is InChI=1S/C28H34N4O4/c1-21(2)17-31(18-22-8-9-24-25(16-22)36-15-14-35-24)28(33)26-20-30(12-13-34-26)19-23-6-5-11-32(23)27-7-3-4-10-29-27/h3-11,16,21,26H,12-15,17-20H2,1-2H3. The zero-order valence-electron chi connectivity index (χ0n) is 21.0. The molecule has 1 amide bonds. The molecule has 2 aromatic heterocycles. The van der Waals surface area contributed by atoms with Gasteiger partial charge in [-0.3, -0.25) is 9.69 Å². The van der Waals surface area contributed by atoms with E-state index in [-0.39, 0.29) is 5.91 Å². The molecule has 1 aromatic carbocycles. The van der Waals surface area contributed by atoms with E-state index >= 15 is 0 Å². The van der Waals surface area contributed by atoms with Crippen molar-refractivity contribution in [1.29, 1.82) is 0 Å². The summed E-state index contributed by atoms with van der Waals surface area (Å²) in [5.41, 5.74) is 2.16. The second-order valence-electron chi connectivity index (χ2n) is 9.74. The van der Waals surface area contributed by atoms with Crippen molar-refractivity contribution < 1.29 is 19.0 Å². The number of carbonyl (C=O) groups is 1. The van der Waals surface area contributed by atoms with Crippen molar-refractivity contribution in [3.05, 3.63) is 72.2 Å². The van der Waals surface area contributed by atoms with Gasteiger partial charge in [-0.05, 0) is 47.9 Å². The van der Waals surface area contributed by atoms with Crippen molar-refractivity contribution in [1.82, 2.24) is 19.4 Å². The summed E-state index contributed by atoms with van der Waals surface area (Å²) >= 11 is 0. The van der Waals surface area contributed by atoms with E-state index in [0.29, 0.717) is 45.4 Å². The molecule has 5 rings (SSSR count). The molecule has 0 saturated carbocycles. The van der Waals surface area contributed by atoms with Gasteiger partial charge in [-0.1, -0.05) is 26.0 Å². The third-order valence-corrected chi connectivity index (χ3v) is 6.42. The molecule has 0 bridgehead atoms. The number of carbonyl (C=O) groups excluding carboxylic acids is 1. The van der Waals surface area contributed by atoms with Crippen LogP contribution in [0.4, 0.5) is 0 Å². The van der Waals surface area contributed by atoms with Crippen molar-refractivity contribution >= 4 is 5.91 Å². The fourth-order valence-electron chi connectivity index (χ4n) is 4.77. The number of rotatable bonds is 8. The normalized spacial score (nSPS) is 17.8. The molecule has 1 fully saturated rings. The minimum absolute atomic E-state index is 0.0309. The van der Waals surface area contributed by atoms with Crippen LogP contribution in [0.5, 0.6) is 11.5 Å². The number of ether oxygens (including phenoxy) is 3. The number of benzene rings is 1. The minimum Gasteiger partial charge on any atom is -0.486 e. The molecule has 2 aliphatic rings. The number of amides is 1. The van der Waals surface area contributed by atoms with E-state index in [0.717, 1.165) is 41.7 Å². The van der Waals surface area contributed by atoms with Crippen LogP contribution in [-0.4, -0.2) is 70.8 Å². The van der Waals surface area contributed by atoms with Gasteiger partial charge in [-0.2, -0.15) is 0 Å². The molecule has 36 heavy (non-hydrogen) atoms. The first-order chi connectivity index (χ1) is 17.6. The summed E-state index contributed by atoms with van der Waals surface area (Å²) in [4.78, 5) is 22.4. The summed E-state index contributed by atoms with van der Waals surface area (Å²) in [6, 6.07) is 16.0. The lowest BCUT2D eigenvalue weighted by molar-refractivity contribution is -0.151. The predicted octanol–water partition coefficient (Wildman–Crippen LogP) is 3.53. The third kappa shape index (κ3) is 5.71. The Bertz CT molecular complexity index is 1160. The second kappa shape index (κ2) is 11.1. The summed E-state index contributed by atoms with van der Waals surface area (Å²) in [6.45, 7) is 9.13. The van der Waals surface area contributed by atoms with Crippen molar-refractivity contribution in [3.63, 3.8) is 0 Å². The average Bonchev–Trinajstić information content (AvgIpc) is 3.36. The SMILES string of the molecule is CC(C)CN(Cc1ccc2c(c1)OCCO2)C(=O)C1CN(Cc2cccn2-c2ccccn2)CCO1. The van der Waals surface area contributed by atoms with Gasteiger partial charge in [-0.25, -0.2) is 4.98 Å². The van der Waals surface area contributed by atoms with Gasteiger partial charge in [0.1, 0.15) is 25.1 Å². The van der Waals surface area contributed by atoms with E-state index in [4.69, 9.17) is 14.2 Å².